The highest BCUT2D eigenvalue weighted by atomic mass is 16.3. The number of hydrogen-bond donors (Lipinski definition) is 2. The van der Waals surface area contributed by atoms with Crippen LogP contribution in [0.25, 0.3) is 10.9 Å². The zero-order valence-electron chi connectivity index (χ0n) is 6.96. The van der Waals surface area contributed by atoms with Crippen molar-refractivity contribution in [1.82, 2.24) is 4.98 Å². The molecule has 1 aromatic carbocycles. The minimum Gasteiger partial charge on any atom is -0.506 e. The summed E-state index contributed by atoms with van der Waals surface area (Å²) in [5.41, 5.74) is 2.29. The van der Waals surface area contributed by atoms with Crippen molar-refractivity contribution in [3.8, 4) is 5.75 Å². The van der Waals surface area contributed by atoms with Crippen molar-refractivity contribution in [2.75, 3.05) is 0 Å². The standard InChI is InChI=1S/C10H11NO/c1-2-7-3-4-8-9(5-7)11-6-10(8)12/h3-6,11-12H,2H2,1H3. The number of aromatic nitrogens is 1. The lowest BCUT2D eigenvalue weighted by atomic mass is 10.1. The number of aromatic hydroxyl groups is 1. The Morgan fingerprint density at radius 2 is 2.25 bits per heavy atom. The number of fused-ring (bicyclic) bond motifs is 1. The highest BCUT2D eigenvalue weighted by molar-refractivity contribution is 5.86. The van der Waals surface area contributed by atoms with Gasteiger partial charge in [0.25, 0.3) is 0 Å². The van der Waals surface area contributed by atoms with Gasteiger partial charge in [-0.3, -0.25) is 0 Å². The number of aryl methyl sites for hydroxylation is 1. The van der Waals surface area contributed by atoms with Gasteiger partial charge in [-0.1, -0.05) is 13.0 Å². The van der Waals surface area contributed by atoms with E-state index in [1.807, 2.05) is 12.1 Å². The van der Waals surface area contributed by atoms with Gasteiger partial charge in [0.15, 0.2) is 0 Å². The van der Waals surface area contributed by atoms with Crippen molar-refractivity contribution in [2.24, 2.45) is 0 Å². The molecule has 0 saturated carbocycles. The summed E-state index contributed by atoms with van der Waals surface area (Å²) in [6, 6.07) is 6.05. The molecule has 2 nitrogen and oxygen atoms in total. The number of hydrogen-bond acceptors (Lipinski definition) is 1. The van der Waals surface area contributed by atoms with Gasteiger partial charge in [-0.25, -0.2) is 0 Å². The lowest BCUT2D eigenvalue weighted by Gasteiger charge is -1.95. The van der Waals surface area contributed by atoms with E-state index in [4.69, 9.17) is 0 Å². The van der Waals surface area contributed by atoms with Gasteiger partial charge in [0, 0.05) is 17.1 Å². The Kier molecular flexibility index (Phi) is 1.54. The average Bonchev–Trinajstić information content (AvgIpc) is 2.47. The van der Waals surface area contributed by atoms with Crippen molar-refractivity contribution in [2.45, 2.75) is 13.3 Å². The molecule has 62 valence electrons. The molecular weight excluding hydrogens is 150 g/mol. The summed E-state index contributed by atoms with van der Waals surface area (Å²) in [5.74, 6) is 0.327. The third kappa shape index (κ3) is 0.961. The van der Waals surface area contributed by atoms with Crippen LogP contribution in [0.4, 0.5) is 0 Å². The predicted molar refractivity (Wildman–Crippen MR) is 49.3 cm³/mol. The Bertz CT molecular complexity index is 403. The second-order valence-corrected chi connectivity index (χ2v) is 2.91. The summed E-state index contributed by atoms with van der Waals surface area (Å²) < 4.78 is 0. The molecule has 2 heteroatoms. The van der Waals surface area contributed by atoms with E-state index >= 15 is 0 Å². The summed E-state index contributed by atoms with van der Waals surface area (Å²) >= 11 is 0. The normalized spacial score (nSPS) is 10.8. The molecule has 0 aliphatic heterocycles. The highest BCUT2D eigenvalue weighted by Crippen LogP contribution is 2.24. The van der Waals surface area contributed by atoms with Crippen LogP contribution in [0.1, 0.15) is 12.5 Å². The summed E-state index contributed by atoms with van der Waals surface area (Å²) in [4.78, 5) is 3.01. The number of rotatable bonds is 1. The fourth-order valence-electron chi connectivity index (χ4n) is 1.38. The van der Waals surface area contributed by atoms with E-state index in [0.29, 0.717) is 5.75 Å². The van der Waals surface area contributed by atoms with Crippen LogP contribution in [0.5, 0.6) is 5.75 Å². The van der Waals surface area contributed by atoms with Crippen LogP contribution in [0, 0.1) is 0 Å². The molecule has 0 aliphatic rings. The quantitative estimate of drug-likeness (QED) is 0.662. The van der Waals surface area contributed by atoms with E-state index in [1.54, 1.807) is 6.20 Å². The maximum Gasteiger partial charge on any atom is 0.140 e. The van der Waals surface area contributed by atoms with Crippen molar-refractivity contribution in [1.29, 1.82) is 0 Å². The Hall–Kier alpha value is -1.44. The zero-order valence-corrected chi connectivity index (χ0v) is 6.96. The van der Waals surface area contributed by atoms with Crippen LogP contribution in [-0.4, -0.2) is 10.1 Å². The largest absolute Gasteiger partial charge is 0.506 e. The molecule has 1 heterocycles. The molecule has 2 aromatic rings. The molecule has 0 amide bonds. The second kappa shape index (κ2) is 2.55. The summed E-state index contributed by atoms with van der Waals surface area (Å²) in [6.07, 6.45) is 2.64. The molecule has 0 spiro atoms. The number of nitrogens with one attached hydrogen (secondary N) is 1. The summed E-state index contributed by atoms with van der Waals surface area (Å²) in [5, 5.41) is 10.2. The lowest BCUT2D eigenvalue weighted by Crippen LogP contribution is -1.78. The van der Waals surface area contributed by atoms with E-state index in [1.165, 1.54) is 5.56 Å². The first kappa shape index (κ1) is 7.22. The van der Waals surface area contributed by atoms with Crippen LogP contribution >= 0.6 is 0 Å². The van der Waals surface area contributed by atoms with Gasteiger partial charge in [0.05, 0.1) is 0 Å². The first-order valence-corrected chi connectivity index (χ1v) is 4.10. The van der Waals surface area contributed by atoms with E-state index < -0.39 is 0 Å². The number of benzene rings is 1. The second-order valence-electron chi connectivity index (χ2n) is 2.91. The summed E-state index contributed by atoms with van der Waals surface area (Å²) in [6.45, 7) is 2.12. The minimum absolute atomic E-state index is 0.327. The van der Waals surface area contributed by atoms with Crippen molar-refractivity contribution in [3.05, 3.63) is 30.0 Å². The molecule has 0 saturated heterocycles. The highest BCUT2D eigenvalue weighted by Gasteiger charge is 2.00. The summed E-state index contributed by atoms with van der Waals surface area (Å²) in [7, 11) is 0. The fraction of sp³-hybridized carbons (Fsp3) is 0.200. The third-order valence-corrected chi connectivity index (χ3v) is 2.13. The van der Waals surface area contributed by atoms with Gasteiger partial charge in [-0.2, -0.15) is 0 Å². The van der Waals surface area contributed by atoms with Crippen molar-refractivity contribution < 1.29 is 5.11 Å². The molecule has 0 fully saturated rings. The lowest BCUT2D eigenvalue weighted by molar-refractivity contribution is 0.481. The van der Waals surface area contributed by atoms with Crippen molar-refractivity contribution >= 4 is 10.9 Å². The number of H-pyrrole nitrogens is 1. The Morgan fingerprint density at radius 3 is 3.00 bits per heavy atom. The van der Waals surface area contributed by atoms with E-state index in [9.17, 15) is 5.11 Å². The fourth-order valence-corrected chi connectivity index (χ4v) is 1.38. The molecular formula is C10H11NO. The first-order valence-electron chi connectivity index (χ1n) is 4.10. The Labute approximate surface area is 70.8 Å². The van der Waals surface area contributed by atoms with Gasteiger partial charge in [-0.15, -0.1) is 0 Å². The van der Waals surface area contributed by atoms with Gasteiger partial charge < -0.3 is 10.1 Å². The van der Waals surface area contributed by atoms with Gasteiger partial charge >= 0.3 is 0 Å². The van der Waals surface area contributed by atoms with E-state index in [0.717, 1.165) is 17.3 Å². The zero-order chi connectivity index (χ0) is 8.55. The average molecular weight is 161 g/mol. The first-order chi connectivity index (χ1) is 5.81. The molecule has 2 rings (SSSR count). The molecule has 2 N–H and O–H groups in total. The molecule has 0 atom stereocenters. The SMILES string of the molecule is CCc1ccc2c(O)c[nH]c2c1. The van der Waals surface area contributed by atoms with Crippen LogP contribution in [0.15, 0.2) is 24.4 Å². The molecule has 0 radical (unpaired) electrons. The van der Waals surface area contributed by atoms with Gasteiger partial charge in [-0.05, 0) is 24.1 Å². The molecule has 1 aromatic heterocycles. The maximum absolute atomic E-state index is 9.34. The molecule has 0 unspecified atom stereocenters. The van der Waals surface area contributed by atoms with Crippen LogP contribution in [0.2, 0.25) is 0 Å². The van der Waals surface area contributed by atoms with Gasteiger partial charge in [0.1, 0.15) is 5.75 Å². The number of aromatic amines is 1. The smallest absolute Gasteiger partial charge is 0.140 e. The van der Waals surface area contributed by atoms with Crippen LogP contribution < -0.4 is 0 Å². The third-order valence-electron chi connectivity index (χ3n) is 2.13. The van der Waals surface area contributed by atoms with Crippen molar-refractivity contribution in [3.63, 3.8) is 0 Å². The topological polar surface area (TPSA) is 36.0 Å². The Morgan fingerprint density at radius 1 is 1.42 bits per heavy atom. The van der Waals surface area contributed by atoms with E-state index in [2.05, 4.69) is 18.0 Å². The molecule has 0 bridgehead atoms. The maximum atomic E-state index is 9.34. The minimum atomic E-state index is 0.327. The van der Waals surface area contributed by atoms with Gasteiger partial charge in [0.2, 0.25) is 0 Å². The predicted octanol–water partition coefficient (Wildman–Crippen LogP) is 2.44. The molecule has 0 aliphatic carbocycles. The van der Waals surface area contributed by atoms with Crippen LogP contribution in [0.3, 0.4) is 0 Å². The monoisotopic (exact) mass is 161 g/mol. The molecule has 12 heavy (non-hydrogen) atoms. The van der Waals surface area contributed by atoms with E-state index in [-0.39, 0.29) is 0 Å². The Balaban J connectivity index is 2.69. The van der Waals surface area contributed by atoms with Crippen LogP contribution in [-0.2, 0) is 6.42 Å².